The highest BCUT2D eigenvalue weighted by Gasteiger charge is 2.19. The van der Waals surface area contributed by atoms with Crippen molar-refractivity contribution in [3.63, 3.8) is 0 Å². The molecule has 0 fully saturated rings. The molecular formula is C22H28N2O3. The maximum atomic E-state index is 12.5. The van der Waals surface area contributed by atoms with Gasteiger partial charge < -0.3 is 15.4 Å². The lowest BCUT2D eigenvalue weighted by Crippen LogP contribution is -2.33. The number of hydrogen-bond acceptors (Lipinski definition) is 3. The van der Waals surface area contributed by atoms with Crippen LogP contribution in [-0.4, -0.2) is 24.0 Å². The molecule has 0 aliphatic heterocycles. The first kappa shape index (κ1) is 20.5. The van der Waals surface area contributed by atoms with E-state index in [1.165, 1.54) is 0 Å². The number of carbonyl (C=O) groups is 2. The SMILES string of the molecule is CCC(C)NC(=O)c1ccc(NC(=O)C(CC)Oc2ccccc2C)cc1. The average Bonchev–Trinajstić information content (AvgIpc) is 2.67. The van der Waals surface area contributed by atoms with Gasteiger partial charge in [-0.25, -0.2) is 0 Å². The topological polar surface area (TPSA) is 67.4 Å². The highest BCUT2D eigenvalue weighted by atomic mass is 16.5. The molecule has 2 N–H and O–H groups in total. The normalized spacial score (nSPS) is 12.7. The third-order valence-corrected chi connectivity index (χ3v) is 4.43. The van der Waals surface area contributed by atoms with Crippen LogP contribution in [0.3, 0.4) is 0 Å². The van der Waals surface area contributed by atoms with Gasteiger partial charge in [-0.3, -0.25) is 9.59 Å². The predicted molar refractivity (Wildman–Crippen MR) is 108 cm³/mol. The zero-order chi connectivity index (χ0) is 19.8. The minimum absolute atomic E-state index is 0.114. The Labute approximate surface area is 161 Å². The fraction of sp³-hybridized carbons (Fsp3) is 0.364. The van der Waals surface area contributed by atoms with Gasteiger partial charge in [0.15, 0.2) is 6.10 Å². The molecule has 0 spiro atoms. The Balaban J connectivity index is 1.99. The summed E-state index contributed by atoms with van der Waals surface area (Å²) >= 11 is 0. The van der Waals surface area contributed by atoms with Crippen molar-refractivity contribution in [2.75, 3.05) is 5.32 Å². The first-order valence-corrected chi connectivity index (χ1v) is 9.38. The molecule has 2 aromatic carbocycles. The standard InChI is InChI=1S/C22H28N2O3/c1-5-16(4)23-21(25)17-11-13-18(14-12-17)24-22(26)19(6-2)27-20-10-8-7-9-15(20)3/h7-14,16,19H,5-6H2,1-4H3,(H,23,25)(H,24,26). The Kier molecular flexibility index (Phi) is 7.41. The highest BCUT2D eigenvalue weighted by molar-refractivity contribution is 5.97. The Morgan fingerprint density at radius 2 is 1.67 bits per heavy atom. The van der Waals surface area contributed by atoms with Crippen molar-refractivity contribution >= 4 is 17.5 Å². The lowest BCUT2D eigenvalue weighted by atomic mass is 10.1. The van der Waals surface area contributed by atoms with E-state index in [1.807, 2.05) is 52.0 Å². The quantitative estimate of drug-likeness (QED) is 0.729. The van der Waals surface area contributed by atoms with Gasteiger partial charge >= 0.3 is 0 Å². The Morgan fingerprint density at radius 3 is 2.26 bits per heavy atom. The van der Waals surface area contributed by atoms with Crippen molar-refractivity contribution in [3.05, 3.63) is 59.7 Å². The lowest BCUT2D eigenvalue weighted by molar-refractivity contribution is -0.122. The van der Waals surface area contributed by atoms with E-state index in [0.717, 1.165) is 12.0 Å². The molecular weight excluding hydrogens is 340 g/mol. The van der Waals surface area contributed by atoms with Crippen molar-refractivity contribution in [1.29, 1.82) is 0 Å². The van der Waals surface area contributed by atoms with Crippen LogP contribution in [0.5, 0.6) is 5.75 Å². The number of rotatable bonds is 8. The minimum Gasteiger partial charge on any atom is -0.480 e. The van der Waals surface area contributed by atoms with Gasteiger partial charge in [0.25, 0.3) is 11.8 Å². The van der Waals surface area contributed by atoms with Crippen LogP contribution in [0.4, 0.5) is 5.69 Å². The summed E-state index contributed by atoms with van der Waals surface area (Å²) in [5, 5.41) is 5.77. The monoisotopic (exact) mass is 368 g/mol. The van der Waals surface area contributed by atoms with Gasteiger partial charge in [-0.05, 0) is 62.6 Å². The van der Waals surface area contributed by atoms with E-state index in [-0.39, 0.29) is 17.9 Å². The zero-order valence-corrected chi connectivity index (χ0v) is 16.4. The van der Waals surface area contributed by atoms with Crippen LogP contribution in [0.25, 0.3) is 0 Å². The van der Waals surface area contributed by atoms with Gasteiger partial charge in [0.05, 0.1) is 0 Å². The largest absolute Gasteiger partial charge is 0.480 e. The summed E-state index contributed by atoms with van der Waals surface area (Å²) in [4.78, 5) is 24.7. The van der Waals surface area contributed by atoms with Gasteiger partial charge in [-0.15, -0.1) is 0 Å². The van der Waals surface area contributed by atoms with Crippen LogP contribution in [0.1, 0.15) is 49.5 Å². The smallest absolute Gasteiger partial charge is 0.265 e. The Morgan fingerprint density at radius 1 is 1.00 bits per heavy atom. The number of carbonyl (C=O) groups excluding carboxylic acids is 2. The van der Waals surface area contributed by atoms with E-state index in [2.05, 4.69) is 10.6 Å². The number of hydrogen-bond donors (Lipinski definition) is 2. The van der Waals surface area contributed by atoms with Crippen molar-refractivity contribution < 1.29 is 14.3 Å². The molecule has 0 saturated carbocycles. The molecule has 2 amide bonds. The van der Waals surface area contributed by atoms with Crippen LogP contribution >= 0.6 is 0 Å². The molecule has 0 aliphatic rings. The van der Waals surface area contributed by atoms with E-state index in [0.29, 0.717) is 23.4 Å². The summed E-state index contributed by atoms with van der Waals surface area (Å²) in [6, 6.07) is 14.6. The van der Waals surface area contributed by atoms with E-state index in [9.17, 15) is 9.59 Å². The second-order valence-electron chi connectivity index (χ2n) is 6.63. The van der Waals surface area contributed by atoms with Crippen LogP contribution in [0.2, 0.25) is 0 Å². The number of aryl methyl sites for hydroxylation is 1. The summed E-state index contributed by atoms with van der Waals surface area (Å²) in [6.45, 7) is 7.84. The van der Waals surface area contributed by atoms with Crippen LogP contribution in [0, 0.1) is 6.92 Å². The third kappa shape index (κ3) is 5.84. The number of anilines is 1. The predicted octanol–water partition coefficient (Wildman–Crippen LogP) is 4.32. The molecule has 2 rings (SSSR count). The summed E-state index contributed by atoms with van der Waals surface area (Å²) in [7, 11) is 0. The molecule has 0 heterocycles. The molecule has 144 valence electrons. The molecule has 2 atom stereocenters. The van der Waals surface area contributed by atoms with E-state index < -0.39 is 6.10 Å². The summed E-state index contributed by atoms with van der Waals surface area (Å²) < 4.78 is 5.87. The fourth-order valence-electron chi connectivity index (χ4n) is 2.50. The van der Waals surface area contributed by atoms with E-state index in [4.69, 9.17) is 4.74 Å². The van der Waals surface area contributed by atoms with E-state index in [1.54, 1.807) is 24.3 Å². The molecule has 27 heavy (non-hydrogen) atoms. The molecule has 2 unspecified atom stereocenters. The number of nitrogens with one attached hydrogen (secondary N) is 2. The van der Waals surface area contributed by atoms with Gasteiger partial charge in [0.1, 0.15) is 5.75 Å². The molecule has 0 radical (unpaired) electrons. The molecule has 5 heteroatoms. The summed E-state index contributed by atoms with van der Waals surface area (Å²) in [5.74, 6) is 0.380. The van der Waals surface area contributed by atoms with Crippen molar-refractivity contribution in [2.24, 2.45) is 0 Å². The van der Waals surface area contributed by atoms with Crippen molar-refractivity contribution in [3.8, 4) is 5.75 Å². The second-order valence-corrected chi connectivity index (χ2v) is 6.63. The van der Waals surface area contributed by atoms with Crippen LogP contribution in [-0.2, 0) is 4.79 Å². The van der Waals surface area contributed by atoms with Gasteiger partial charge in [0, 0.05) is 17.3 Å². The fourth-order valence-corrected chi connectivity index (χ4v) is 2.50. The molecule has 0 aromatic heterocycles. The maximum absolute atomic E-state index is 12.5. The number of benzene rings is 2. The summed E-state index contributed by atoms with van der Waals surface area (Å²) in [6.07, 6.45) is 0.842. The average molecular weight is 368 g/mol. The maximum Gasteiger partial charge on any atom is 0.265 e. The Hall–Kier alpha value is -2.82. The molecule has 2 aromatic rings. The van der Waals surface area contributed by atoms with Gasteiger partial charge in [-0.2, -0.15) is 0 Å². The van der Waals surface area contributed by atoms with E-state index >= 15 is 0 Å². The first-order valence-electron chi connectivity index (χ1n) is 9.38. The molecule has 0 bridgehead atoms. The van der Waals surface area contributed by atoms with Crippen LogP contribution < -0.4 is 15.4 Å². The number of para-hydroxylation sites is 1. The number of amides is 2. The lowest BCUT2D eigenvalue weighted by Gasteiger charge is -2.18. The van der Waals surface area contributed by atoms with Crippen LogP contribution in [0.15, 0.2) is 48.5 Å². The van der Waals surface area contributed by atoms with Gasteiger partial charge in [0.2, 0.25) is 0 Å². The first-order chi connectivity index (χ1) is 12.9. The van der Waals surface area contributed by atoms with Crippen molar-refractivity contribution in [2.45, 2.75) is 52.7 Å². The second kappa shape index (κ2) is 9.76. The molecule has 0 saturated heterocycles. The third-order valence-electron chi connectivity index (χ3n) is 4.43. The zero-order valence-electron chi connectivity index (χ0n) is 16.4. The molecule has 0 aliphatic carbocycles. The van der Waals surface area contributed by atoms with Gasteiger partial charge in [-0.1, -0.05) is 32.0 Å². The highest BCUT2D eigenvalue weighted by Crippen LogP contribution is 2.20. The minimum atomic E-state index is -0.584. The Bertz CT molecular complexity index is 771. The molecule has 5 nitrogen and oxygen atoms in total. The summed E-state index contributed by atoms with van der Waals surface area (Å²) in [5.41, 5.74) is 2.18. The van der Waals surface area contributed by atoms with Crippen molar-refractivity contribution in [1.82, 2.24) is 5.32 Å². The number of ether oxygens (including phenoxy) is 1.